The molecule has 1 aliphatic rings. The third kappa shape index (κ3) is 9.89. The third-order valence-electron chi connectivity index (χ3n) is 4.87. The highest BCUT2D eigenvalue weighted by Gasteiger charge is 2.17. The number of nitrogens with zero attached hydrogens (tertiary/aromatic N) is 2. The monoisotopic (exact) mass is 506 g/mol. The van der Waals surface area contributed by atoms with Gasteiger partial charge >= 0.3 is 0 Å². The van der Waals surface area contributed by atoms with E-state index in [-0.39, 0.29) is 24.0 Å². The molecule has 2 N–H and O–H groups in total. The van der Waals surface area contributed by atoms with Crippen molar-refractivity contribution in [2.45, 2.75) is 44.4 Å². The first-order chi connectivity index (χ1) is 12.7. The van der Waals surface area contributed by atoms with Crippen LogP contribution in [0, 0.1) is 0 Å². The molecule has 1 aliphatic heterocycles. The summed E-state index contributed by atoms with van der Waals surface area (Å²) >= 11 is 0. The summed E-state index contributed by atoms with van der Waals surface area (Å²) in [5.41, 5.74) is 1.13. The van der Waals surface area contributed by atoms with Gasteiger partial charge in [-0.25, -0.2) is 0 Å². The van der Waals surface area contributed by atoms with E-state index in [0.717, 1.165) is 37.1 Å². The molecule has 1 heterocycles. The summed E-state index contributed by atoms with van der Waals surface area (Å²) in [6.45, 7) is 6.30. The lowest BCUT2D eigenvalue weighted by Crippen LogP contribution is -2.42. The lowest BCUT2D eigenvalue weighted by molar-refractivity contribution is 0.159. The van der Waals surface area contributed by atoms with Crippen molar-refractivity contribution < 1.29 is 4.21 Å². The van der Waals surface area contributed by atoms with Gasteiger partial charge in [-0.1, -0.05) is 36.8 Å². The molecule has 2 atom stereocenters. The standard InChI is InChI=1S/C20H34N4OS.HI/c1-18-9-6-7-14-24(18)15-8-12-22-20(21-2)23-13-16-26(25)17-19-10-4-3-5-11-19;/h3-5,10-11,18H,6-9,12-17H2,1-2H3,(H2,21,22,23);1H. The topological polar surface area (TPSA) is 56.7 Å². The highest BCUT2D eigenvalue weighted by atomic mass is 127. The second kappa shape index (κ2) is 14.3. The van der Waals surface area contributed by atoms with Crippen LogP contribution in [-0.4, -0.2) is 60.1 Å². The Bertz CT molecular complexity index is 570. The molecule has 2 rings (SSSR count). The van der Waals surface area contributed by atoms with E-state index in [2.05, 4.69) is 27.4 Å². The molecular formula is C20H35IN4OS. The number of hydrogen-bond donors (Lipinski definition) is 2. The fourth-order valence-corrected chi connectivity index (χ4v) is 4.35. The normalized spacial score (nSPS) is 19.2. The molecule has 0 aromatic heterocycles. The molecule has 1 aromatic rings. The third-order valence-corrected chi connectivity index (χ3v) is 6.19. The van der Waals surface area contributed by atoms with Gasteiger partial charge in [0.05, 0.1) is 0 Å². The Morgan fingerprint density at radius 2 is 1.96 bits per heavy atom. The van der Waals surface area contributed by atoms with Gasteiger partial charge in [-0.05, 0) is 38.3 Å². The van der Waals surface area contributed by atoms with Gasteiger partial charge in [0.1, 0.15) is 0 Å². The van der Waals surface area contributed by atoms with Crippen LogP contribution < -0.4 is 10.6 Å². The molecular weight excluding hydrogens is 471 g/mol. The first-order valence-corrected chi connectivity index (χ1v) is 11.3. The molecule has 154 valence electrons. The summed E-state index contributed by atoms with van der Waals surface area (Å²) in [5, 5.41) is 6.63. The Balaban J connectivity index is 0.00000364. The van der Waals surface area contributed by atoms with Gasteiger partial charge in [-0.15, -0.1) is 24.0 Å². The van der Waals surface area contributed by atoms with Crippen LogP contribution in [0.3, 0.4) is 0 Å². The van der Waals surface area contributed by atoms with Crippen LogP contribution in [0.4, 0.5) is 0 Å². The molecule has 0 aliphatic carbocycles. The average molecular weight is 506 g/mol. The molecule has 1 saturated heterocycles. The maximum atomic E-state index is 12.2. The van der Waals surface area contributed by atoms with Crippen LogP contribution in [0.1, 0.15) is 38.2 Å². The number of halogens is 1. The zero-order valence-electron chi connectivity index (χ0n) is 16.7. The average Bonchev–Trinajstić information content (AvgIpc) is 2.65. The number of aliphatic imine (C=N–C) groups is 1. The summed E-state index contributed by atoms with van der Waals surface area (Å²) < 4.78 is 12.2. The first-order valence-electron chi connectivity index (χ1n) is 9.76. The number of rotatable bonds is 9. The predicted octanol–water partition coefficient (Wildman–Crippen LogP) is 2.98. The molecule has 5 nitrogen and oxygen atoms in total. The van der Waals surface area contributed by atoms with Gasteiger partial charge in [0.2, 0.25) is 0 Å². The quantitative estimate of drug-likeness (QED) is 0.234. The minimum absolute atomic E-state index is 0. The Labute approximate surface area is 184 Å². The van der Waals surface area contributed by atoms with Crippen molar-refractivity contribution in [2.24, 2.45) is 4.99 Å². The van der Waals surface area contributed by atoms with Crippen molar-refractivity contribution in [3.63, 3.8) is 0 Å². The van der Waals surface area contributed by atoms with E-state index in [1.165, 1.54) is 25.8 Å². The summed E-state index contributed by atoms with van der Waals surface area (Å²) in [4.78, 5) is 6.84. The van der Waals surface area contributed by atoms with Crippen molar-refractivity contribution in [3.8, 4) is 0 Å². The van der Waals surface area contributed by atoms with E-state index < -0.39 is 10.8 Å². The van der Waals surface area contributed by atoms with Gasteiger partial charge in [-0.3, -0.25) is 9.20 Å². The predicted molar refractivity (Wildman–Crippen MR) is 127 cm³/mol. The fraction of sp³-hybridized carbons (Fsp3) is 0.650. The molecule has 1 aromatic carbocycles. The minimum Gasteiger partial charge on any atom is -0.356 e. The summed E-state index contributed by atoms with van der Waals surface area (Å²) in [7, 11) is 0.925. The van der Waals surface area contributed by atoms with Gasteiger partial charge in [0.25, 0.3) is 0 Å². The Morgan fingerprint density at radius 1 is 1.22 bits per heavy atom. The van der Waals surface area contributed by atoms with Crippen molar-refractivity contribution in [1.29, 1.82) is 0 Å². The van der Waals surface area contributed by atoms with Crippen molar-refractivity contribution >= 4 is 40.7 Å². The SMILES string of the molecule is CN=C(NCCCN1CCCCC1C)NCCS(=O)Cc1ccccc1.I. The molecule has 27 heavy (non-hydrogen) atoms. The molecule has 0 radical (unpaired) electrons. The minimum atomic E-state index is -0.856. The van der Waals surface area contributed by atoms with Gasteiger partial charge in [0.15, 0.2) is 5.96 Å². The van der Waals surface area contributed by atoms with Crippen molar-refractivity contribution in [3.05, 3.63) is 35.9 Å². The highest BCUT2D eigenvalue weighted by Crippen LogP contribution is 2.15. The summed E-state index contributed by atoms with van der Waals surface area (Å²) in [6, 6.07) is 10.7. The Hall–Kier alpha value is -0.670. The van der Waals surface area contributed by atoms with E-state index in [4.69, 9.17) is 0 Å². The molecule has 1 fully saturated rings. The fourth-order valence-electron chi connectivity index (χ4n) is 3.31. The molecule has 0 amide bonds. The van der Waals surface area contributed by atoms with Gasteiger partial charge in [0, 0.05) is 55.0 Å². The lowest BCUT2D eigenvalue weighted by atomic mass is 10.0. The number of piperidine rings is 1. The van der Waals surface area contributed by atoms with Crippen molar-refractivity contribution in [2.75, 3.05) is 39.0 Å². The second-order valence-electron chi connectivity index (χ2n) is 6.93. The van der Waals surface area contributed by atoms with Crippen LogP contribution in [0.15, 0.2) is 35.3 Å². The highest BCUT2D eigenvalue weighted by molar-refractivity contribution is 14.0. The Morgan fingerprint density at radius 3 is 2.67 bits per heavy atom. The number of guanidine groups is 1. The first kappa shape index (κ1) is 24.4. The lowest BCUT2D eigenvalue weighted by Gasteiger charge is -2.33. The van der Waals surface area contributed by atoms with Crippen LogP contribution >= 0.6 is 24.0 Å². The molecule has 7 heteroatoms. The van der Waals surface area contributed by atoms with E-state index in [9.17, 15) is 4.21 Å². The number of hydrogen-bond acceptors (Lipinski definition) is 3. The van der Waals surface area contributed by atoms with Crippen LogP contribution in [0.25, 0.3) is 0 Å². The van der Waals surface area contributed by atoms with E-state index in [1.807, 2.05) is 30.3 Å². The van der Waals surface area contributed by atoms with E-state index in [1.54, 1.807) is 7.05 Å². The van der Waals surface area contributed by atoms with E-state index >= 15 is 0 Å². The molecule has 0 spiro atoms. The molecule has 2 unspecified atom stereocenters. The summed E-state index contributed by atoms with van der Waals surface area (Å²) in [5.74, 6) is 2.04. The van der Waals surface area contributed by atoms with Gasteiger partial charge < -0.3 is 15.5 Å². The van der Waals surface area contributed by atoms with Crippen molar-refractivity contribution in [1.82, 2.24) is 15.5 Å². The zero-order valence-corrected chi connectivity index (χ0v) is 19.8. The number of likely N-dealkylation sites (tertiary alicyclic amines) is 1. The maximum Gasteiger partial charge on any atom is 0.191 e. The van der Waals surface area contributed by atoms with E-state index in [0.29, 0.717) is 18.1 Å². The Kier molecular flexibility index (Phi) is 12.9. The van der Waals surface area contributed by atoms with Crippen LogP contribution in [0.2, 0.25) is 0 Å². The van der Waals surface area contributed by atoms with Gasteiger partial charge in [-0.2, -0.15) is 0 Å². The molecule has 0 bridgehead atoms. The summed E-state index contributed by atoms with van der Waals surface area (Å²) in [6.07, 6.45) is 5.15. The zero-order chi connectivity index (χ0) is 18.6. The second-order valence-corrected chi connectivity index (χ2v) is 8.51. The number of nitrogens with one attached hydrogen (secondary N) is 2. The molecule has 0 saturated carbocycles. The largest absolute Gasteiger partial charge is 0.356 e. The smallest absolute Gasteiger partial charge is 0.191 e. The van der Waals surface area contributed by atoms with Crippen LogP contribution in [0.5, 0.6) is 0 Å². The number of benzene rings is 1. The maximum absolute atomic E-state index is 12.2. The van der Waals surface area contributed by atoms with Crippen LogP contribution in [-0.2, 0) is 16.6 Å².